The number of benzene rings is 2. The summed E-state index contributed by atoms with van der Waals surface area (Å²) in [6.07, 6.45) is 0. The second-order valence-electron chi connectivity index (χ2n) is 4.41. The number of hydrogen-bond donors (Lipinski definition) is 1. The highest BCUT2D eigenvalue weighted by atomic mass is 35.5. The molecule has 0 saturated carbocycles. The number of aromatic nitrogens is 2. The van der Waals surface area contributed by atoms with Crippen LogP contribution in [0.15, 0.2) is 41.6 Å². The summed E-state index contributed by atoms with van der Waals surface area (Å²) in [6.45, 7) is 0. The Balaban J connectivity index is 1.82. The first-order valence-corrected chi connectivity index (χ1v) is 7.63. The molecular formula is C15H12ClFN2OS. The van der Waals surface area contributed by atoms with Crippen LogP contribution in [0, 0.1) is 5.82 Å². The van der Waals surface area contributed by atoms with Crippen LogP contribution in [0.5, 0.6) is 5.75 Å². The quantitative estimate of drug-likeness (QED) is 0.710. The molecule has 0 radical (unpaired) electrons. The van der Waals surface area contributed by atoms with Crippen molar-refractivity contribution < 1.29 is 9.13 Å². The maximum absolute atomic E-state index is 13.7. The third-order valence-electron chi connectivity index (χ3n) is 3.08. The summed E-state index contributed by atoms with van der Waals surface area (Å²) in [5, 5.41) is 1.15. The van der Waals surface area contributed by atoms with Gasteiger partial charge in [-0.1, -0.05) is 29.4 Å². The second kappa shape index (κ2) is 5.95. The van der Waals surface area contributed by atoms with Crippen molar-refractivity contribution in [3.05, 3.63) is 52.8 Å². The molecule has 1 N–H and O–H groups in total. The first-order chi connectivity index (χ1) is 10.2. The molecule has 6 heteroatoms. The number of rotatable bonds is 4. The topological polar surface area (TPSA) is 37.9 Å². The normalized spacial score (nSPS) is 11.0. The van der Waals surface area contributed by atoms with Crippen LogP contribution in [-0.4, -0.2) is 17.1 Å². The van der Waals surface area contributed by atoms with Gasteiger partial charge in [-0.25, -0.2) is 9.37 Å². The molecule has 0 unspecified atom stereocenters. The first kappa shape index (κ1) is 14.2. The van der Waals surface area contributed by atoms with Gasteiger partial charge in [0.15, 0.2) is 5.16 Å². The van der Waals surface area contributed by atoms with E-state index in [0.29, 0.717) is 16.3 Å². The summed E-state index contributed by atoms with van der Waals surface area (Å²) in [7, 11) is 1.62. The Bertz CT molecular complexity index is 770. The fourth-order valence-electron chi connectivity index (χ4n) is 1.97. The summed E-state index contributed by atoms with van der Waals surface area (Å²) in [5.74, 6) is 0.885. The minimum Gasteiger partial charge on any atom is -0.497 e. The summed E-state index contributed by atoms with van der Waals surface area (Å²) in [6, 6.07) is 10.3. The van der Waals surface area contributed by atoms with Crippen LogP contribution < -0.4 is 4.74 Å². The first-order valence-electron chi connectivity index (χ1n) is 6.27. The van der Waals surface area contributed by atoms with Crippen molar-refractivity contribution in [2.24, 2.45) is 0 Å². The number of nitrogens with one attached hydrogen (secondary N) is 1. The van der Waals surface area contributed by atoms with Gasteiger partial charge in [-0.05, 0) is 24.3 Å². The lowest BCUT2D eigenvalue weighted by atomic mass is 10.2. The van der Waals surface area contributed by atoms with Gasteiger partial charge in [0.1, 0.15) is 11.6 Å². The molecule has 2 aromatic carbocycles. The minimum absolute atomic E-state index is 0.298. The van der Waals surface area contributed by atoms with E-state index in [1.54, 1.807) is 19.2 Å². The zero-order valence-corrected chi connectivity index (χ0v) is 12.8. The summed E-state index contributed by atoms with van der Waals surface area (Å²) in [5.41, 5.74) is 2.22. The lowest BCUT2D eigenvalue weighted by molar-refractivity contribution is 0.415. The van der Waals surface area contributed by atoms with Crippen molar-refractivity contribution in [2.45, 2.75) is 10.9 Å². The van der Waals surface area contributed by atoms with E-state index >= 15 is 0 Å². The molecule has 0 aliphatic carbocycles. The highest BCUT2D eigenvalue weighted by Gasteiger charge is 2.10. The maximum atomic E-state index is 13.7. The van der Waals surface area contributed by atoms with E-state index in [4.69, 9.17) is 16.3 Å². The number of hydrogen-bond acceptors (Lipinski definition) is 3. The average molecular weight is 323 g/mol. The van der Waals surface area contributed by atoms with Gasteiger partial charge in [0, 0.05) is 22.4 Å². The number of imidazole rings is 1. The van der Waals surface area contributed by atoms with E-state index in [1.807, 2.05) is 18.2 Å². The van der Waals surface area contributed by atoms with Gasteiger partial charge in [0.2, 0.25) is 0 Å². The van der Waals surface area contributed by atoms with E-state index in [0.717, 1.165) is 21.9 Å². The van der Waals surface area contributed by atoms with Crippen molar-refractivity contribution in [3.8, 4) is 5.75 Å². The summed E-state index contributed by atoms with van der Waals surface area (Å²) < 4.78 is 18.9. The highest BCUT2D eigenvalue weighted by Crippen LogP contribution is 2.29. The third-order valence-corrected chi connectivity index (χ3v) is 4.34. The maximum Gasteiger partial charge on any atom is 0.166 e. The molecule has 1 aromatic heterocycles. The van der Waals surface area contributed by atoms with Gasteiger partial charge in [-0.3, -0.25) is 0 Å². The molecule has 3 aromatic rings. The zero-order chi connectivity index (χ0) is 14.8. The molecule has 0 fully saturated rings. The molecule has 21 heavy (non-hydrogen) atoms. The van der Waals surface area contributed by atoms with Gasteiger partial charge in [0.25, 0.3) is 0 Å². The fourth-order valence-corrected chi connectivity index (χ4v) is 3.20. The Kier molecular flexibility index (Phi) is 4.03. The van der Waals surface area contributed by atoms with E-state index < -0.39 is 0 Å². The van der Waals surface area contributed by atoms with E-state index in [-0.39, 0.29) is 5.82 Å². The van der Waals surface area contributed by atoms with Crippen molar-refractivity contribution >= 4 is 34.4 Å². The average Bonchev–Trinajstić information content (AvgIpc) is 2.88. The second-order valence-corrected chi connectivity index (χ2v) is 5.79. The molecule has 0 amide bonds. The number of halogens is 2. The van der Waals surface area contributed by atoms with E-state index in [9.17, 15) is 4.39 Å². The number of methoxy groups -OCH3 is 1. The van der Waals surface area contributed by atoms with Crippen LogP contribution in [-0.2, 0) is 5.75 Å². The van der Waals surface area contributed by atoms with Gasteiger partial charge < -0.3 is 9.72 Å². The lowest BCUT2D eigenvalue weighted by Crippen LogP contribution is -1.89. The Morgan fingerprint density at radius 2 is 2.19 bits per heavy atom. The van der Waals surface area contributed by atoms with Crippen LogP contribution in [0.4, 0.5) is 4.39 Å². The molecule has 1 heterocycles. The predicted molar refractivity (Wildman–Crippen MR) is 83.6 cm³/mol. The number of aromatic amines is 1. The number of thioether (sulfide) groups is 1. The molecule has 0 aliphatic rings. The lowest BCUT2D eigenvalue weighted by Gasteiger charge is -2.03. The van der Waals surface area contributed by atoms with Crippen LogP contribution in [0.2, 0.25) is 5.02 Å². The SMILES string of the molecule is COc1ccc2nc(SCc3c(F)cccc3Cl)[nH]c2c1. The largest absolute Gasteiger partial charge is 0.497 e. The molecule has 0 saturated heterocycles. The van der Waals surface area contributed by atoms with Crippen molar-refractivity contribution in [1.29, 1.82) is 0 Å². The number of H-pyrrole nitrogens is 1. The number of fused-ring (bicyclic) bond motifs is 1. The summed E-state index contributed by atoms with van der Waals surface area (Å²) >= 11 is 7.42. The Labute approximate surface area is 130 Å². The minimum atomic E-state index is -0.298. The number of ether oxygens (including phenoxy) is 1. The fraction of sp³-hybridized carbons (Fsp3) is 0.133. The molecule has 0 bridgehead atoms. The molecule has 108 valence electrons. The van der Waals surface area contributed by atoms with Crippen molar-refractivity contribution in [1.82, 2.24) is 9.97 Å². The Morgan fingerprint density at radius 3 is 2.95 bits per heavy atom. The molecule has 0 spiro atoms. The molecule has 3 rings (SSSR count). The Hall–Kier alpha value is -1.72. The molecular weight excluding hydrogens is 311 g/mol. The van der Waals surface area contributed by atoms with Crippen LogP contribution in [0.3, 0.4) is 0 Å². The Morgan fingerprint density at radius 1 is 1.33 bits per heavy atom. The summed E-state index contributed by atoms with van der Waals surface area (Å²) in [4.78, 5) is 7.63. The van der Waals surface area contributed by atoms with Crippen LogP contribution >= 0.6 is 23.4 Å². The highest BCUT2D eigenvalue weighted by molar-refractivity contribution is 7.98. The zero-order valence-electron chi connectivity index (χ0n) is 11.2. The smallest absolute Gasteiger partial charge is 0.166 e. The third kappa shape index (κ3) is 2.99. The monoisotopic (exact) mass is 322 g/mol. The van der Waals surface area contributed by atoms with Crippen LogP contribution in [0.25, 0.3) is 11.0 Å². The van der Waals surface area contributed by atoms with Crippen molar-refractivity contribution in [3.63, 3.8) is 0 Å². The van der Waals surface area contributed by atoms with Crippen molar-refractivity contribution in [2.75, 3.05) is 7.11 Å². The van der Waals surface area contributed by atoms with Gasteiger partial charge in [-0.2, -0.15) is 0 Å². The van der Waals surface area contributed by atoms with Gasteiger partial charge >= 0.3 is 0 Å². The van der Waals surface area contributed by atoms with Gasteiger partial charge in [0.05, 0.1) is 18.1 Å². The van der Waals surface area contributed by atoms with E-state index in [2.05, 4.69) is 9.97 Å². The molecule has 0 atom stereocenters. The molecule has 0 aliphatic heterocycles. The predicted octanol–water partition coefficient (Wildman–Crippen LogP) is 4.66. The standard InChI is InChI=1S/C15H12ClFN2OS/c1-20-9-5-6-13-14(7-9)19-15(18-13)21-8-10-11(16)3-2-4-12(10)17/h2-7H,8H2,1H3,(H,18,19). The van der Waals surface area contributed by atoms with E-state index in [1.165, 1.54) is 17.8 Å². The van der Waals surface area contributed by atoms with Gasteiger partial charge in [-0.15, -0.1) is 0 Å². The molecule has 3 nitrogen and oxygen atoms in total. The van der Waals surface area contributed by atoms with Crippen LogP contribution in [0.1, 0.15) is 5.56 Å². The number of nitrogens with zero attached hydrogens (tertiary/aromatic N) is 1.